The van der Waals surface area contributed by atoms with E-state index in [2.05, 4.69) is 0 Å². The lowest BCUT2D eigenvalue weighted by Crippen LogP contribution is -2.08. The van der Waals surface area contributed by atoms with Gasteiger partial charge >= 0.3 is 0 Å². The minimum absolute atomic E-state index is 0.0985. The van der Waals surface area contributed by atoms with Crippen LogP contribution in [0.2, 0.25) is 0 Å². The molecule has 0 saturated heterocycles. The third-order valence-electron chi connectivity index (χ3n) is 1.66. The molecule has 0 amide bonds. The fourth-order valence-electron chi connectivity index (χ4n) is 0.956. The van der Waals surface area contributed by atoms with E-state index in [-0.39, 0.29) is 6.61 Å². The van der Waals surface area contributed by atoms with Crippen molar-refractivity contribution in [1.82, 2.24) is 0 Å². The first kappa shape index (κ1) is 9.40. The van der Waals surface area contributed by atoms with Gasteiger partial charge in [0.15, 0.2) is 6.61 Å². The lowest BCUT2D eigenvalue weighted by atomic mass is 10.3. The minimum Gasteiger partial charge on any atom is -0.479 e. The van der Waals surface area contributed by atoms with Gasteiger partial charge in [0.05, 0.1) is 0 Å². The summed E-state index contributed by atoms with van der Waals surface area (Å²) in [4.78, 5) is 2.01. The van der Waals surface area contributed by atoms with Crippen LogP contribution in [0, 0.1) is 11.3 Å². The van der Waals surface area contributed by atoms with Gasteiger partial charge in [-0.1, -0.05) is 0 Å². The minimum atomic E-state index is 0.0985. The van der Waals surface area contributed by atoms with Crippen molar-refractivity contribution in [1.29, 1.82) is 5.26 Å². The molecule has 0 radical (unpaired) electrons. The number of ether oxygens (including phenoxy) is 1. The number of hydrogen-bond acceptors (Lipinski definition) is 3. The second-order valence-electron chi connectivity index (χ2n) is 2.84. The first-order chi connectivity index (χ1) is 6.24. The van der Waals surface area contributed by atoms with E-state index in [9.17, 15) is 0 Å². The molecule has 0 aliphatic carbocycles. The predicted octanol–water partition coefficient (Wildman–Crippen LogP) is 1.65. The molecule has 0 heterocycles. The Morgan fingerprint density at radius 3 is 2.38 bits per heavy atom. The molecule has 0 spiro atoms. The zero-order valence-corrected chi connectivity index (χ0v) is 7.82. The van der Waals surface area contributed by atoms with E-state index in [0.29, 0.717) is 0 Å². The van der Waals surface area contributed by atoms with E-state index >= 15 is 0 Å². The highest BCUT2D eigenvalue weighted by molar-refractivity contribution is 5.47. The maximum absolute atomic E-state index is 8.29. The van der Waals surface area contributed by atoms with Crippen molar-refractivity contribution < 1.29 is 4.74 Å². The van der Waals surface area contributed by atoms with Crippen LogP contribution >= 0.6 is 0 Å². The summed E-state index contributed by atoms with van der Waals surface area (Å²) in [5.41, 5.74) is 1.12. The van der Waals surface area contributed by atoms with Crippen molar-refractivity contribution in [2.75, 3.05) is 25.6 Å². The molecule has 0 N–H and O–H groups in total. The number of rotatable bonds is 3. The lowest BCUT2D eigenvalue weighted by molar-refractivity contribution is 0.368. The van der Waals surface area contributed by atoms with Crippen LogP contribution in [0.4, 0.5) is 5.69 Å². The van der Waals surface area contributed by atoms with E-state index in [1.54, 1.807) is 0 Å². The van der Waals surface area contributed by atoms with Crippen molar-refractivity contribution in [3.05, 3.63) is 24.3 Å². The Kier molecular flexibility index (Phi) is 3.15. The average Bonchev–Trinajstić information content (AvgIpc) is 2.15. The predicted molar refractivity (Wildman–Crippen MR) is 51.9 cm³/mol. The summed E-state index contributed by atoms with van der Waals surface area (Å²) in [6.45, 7) is 0.0985. The van der Waals surface area contributed by atoms with Crippen LogP contribution in [0.25, 0.3) is 0 Å². The summed E-state index contributed by atoms with van der Waals surface area (Å²) in [7, 11) is 3.95. The Morgan fingerprint density at radius 2 is 1.92 bits per heavy atom. The largest absolute Gasteiger partial charge is 0.479 e. The summed E-state index contributed by atoms with van der Waals surface area (Å²) in [6.07, 6.45) is 0. The van der Waals surface area contributed by atoms with Gasteiger partial charge in [-0.25, -0.2) is 0 Å². The zero-order valence-electron chi connectivity index (χ0n) is 7.82. The van der Waals surface area contributed by atoms with Gasteiger partial charge in [-0.2, -0.15) is 5.26 Å². The molecule has 13 heavy (non-hydrogen) atoms. The molecule has 0 unspecified atom stereocenters. The van der Waals surface area contributed by atoms with Crippen molar-refractivity contribution in [3.63, 3.8) is 0 Å². The van der Waals surface area contributed by atoms with Crippen molar-refractivity contribution in [2.45, 2.75) is 0 Å². The van der Waals surface area contributed by atoms with Gasteiger partial charge in [0.1, 0.15) is 11.8 Å². The highest BCUT2D eigenvalue weighted by Crippen LogP contribution is 2.16. The summed E-state index contributed by atoms with van der Waals surface area (Å²) in [5, 5.41) is 8.29. The van der Waals surface area contributed by atoms with Gasteiger partial charge in [0.25, 0.3) is 0 Å². The molecule has 1 rings (SSSR count). The maximum atomic E-state index is 8.29. The smallest absolute Gasteiger partial charge is 0.174 e. The second kappa shape index (κ2) is 4.36. The third-order valence-corrected chi connectivity index (χ3v) is 1.66. The van der Waals surface area contributed by atoms with Crippen LogP contribution in [-0.2, 0) is 0 Å². The average molecular weight is 176 g/mol. The highest BCUT2D eigenvalue weighted by Gasteiger charge is 1.95. The highest BCUT2D eigenvalue weighted by atomic mass is 16.5. The summed E-state index contributed by atoms with van der Waals surface area (Å²) in [5.74, 6) is 0.729. The van der Waals surface area contributed by atoms with Gasteiger partial charge in [-0.15, -0.1) is 0 Å². The van der Waals surface area contributed by atoms with Gasteiger partial charge in [0, 0.05) is 19.8 Å². The Bertz CT molecular complexity index is 298. The van der Waals surface area contributed by atoms with Crippen molar-refractivity contribution >= 4 is 5.69 Å². The van der Waals surface area contributed by atoms with Gasteiger partial charge in [-0.05, 0) is 24.3 Å². The number of anilines is 1. The van der Waals surface area contributed by atoms with Crippen LogP contribution < -0.4 is 9.64 Å². The van der Waals surface area contributed by atoms with Crippen LogP contribution in [0.5, 0.6) is 5.75 Å². The van der Waals surface area contributed by atoms with Crippen molar-refractivity contribution in [3.8, 4) is 11.8 Å². The topological polar surface area (TPSA) is 36.3 Å². The number of benzene rings is 1. The van der Waals surface area contributed by atoms with E-state index in [1.807, 2.05) is 49.3 Å². The number of nitrogens with zero attached hydrogens (tertiary/aromatic N) is 2. The van der Waals surface area contributed by atoms with Crippen LogP contribution in [-0.4, -0.2) is 20.7 Å². The number of hydrogen-bond donors (Lipinski definition) is 0. The quantitative estimate of drug-likeness (QED) is 0.702. The molecular weight excluding hydrogens is 164 g/mol. The molecule has 0 bridgehead atoms. The molecule has 0 saturated carbocycles. The fourth-order valence-corrected chi connectivity index (χ4v) is 0.956. The molecule has 0 fully saturated rings. The Balaban J connectivity index is 2.65. The monoisotopic (exact) mass is 176 g/mol. The van der Waals surface area contributed by atoms with Crippen molar-refractivity contribution in [2.24, 2.45) is 0 Å². The third kappa shape index (κ3) is 2.68. The summed E-state index contributed by atoms with van der Waals surface area (Å²) >= 11 is 0. The standard InChI is InChI=1S/C10H12N2O/c1-12(2)9-3-5-10(6-4-9)13-8-7-11/h3-6H,8H2,1-2H3. The van der Waals surface area contributed by atoms with Crippen LogP contribution in [0.3, 0.4) is 0 Å². The molecule has 68 valence electrons. The molecule has 3 nitrogen and oxygen atoms in total. The molecular formula is C10H12N2O. The number of nitriles is 1. The van der Waals surface area contributed by atoms with Crippen LogP contribution in [0.1, 0.15) is 0 Å². The first-order valence-corrected chi connectivity index (χ1v) is 4.01. The maximum Gasteiger partial charge on any atom is 0.174 e. The molecule has 0 aliphatic heterocycles. The molecule has 1 aromatic carbocycles. The molecule has 1 aromatic rings. The molecule has 3 heteroatoms. The molecule has 0 aliphatic rings. The van der Waals surface area contributed by atoms with Gasteiger partial charge in [-0.3, -0.25) is 0 Å². The normalized spacial score (nSPS) is 9.00. The van der Waals surface area contributed by atoms with E-state index < -0.39 is 0 Å². The van der Waals surface area contributed by atoms with E-state index in [0.717, 1.165) is 11.4 Å². The summed E-state index contributed by atoms with van der Waals surface area (Å²) in [6, 6.07) is 9.53. The SMILES string of the molecule is CN(C)c1ccc(OCC#N)cc1. The first-order valence-electron chi connectivity index (χ1n) is 4.01. The Labute approximate surface area is 78.2 Å². The molecule has 0 aromatic heterocycles. The van der Waals surface area contributed by atoms with Gasteiger partial charge < -0.3 is 9.64 Å². The fraction of sp³-hybridized carbons (Fsp3) is 0.300. The van der Waals surface area contributed by atoms with Gasteiger partial charge in [0.2, 0.25) is 0 Å². The van der Waals surface area contributed by atoms with Crippen LogP contribution in [0.15, 0.2) is 24.3 Å². The Hall–Kier alpha value is -1.69. The van der Waals surface area contributed by atoms with E-state index in [4.69, 9.17) is 10.00 Å². The molecule has 0 atom stereocenters. The lowest BCUT2D eigenvalue weighted by Gasteiger charge is -2.12. The Morgan fingerprint density at radius 1 is 1.31 bits per heavy atom. The zero-order chi connectivity index (χ0) is 9.68. The summed E-state index contributed by atoms with van der Waals surface area (Å²) < 4.78 is 5.11. The van der Waals surface area contributed by atoms with E-state index in [1.165, 1.54) is 0 Å². The second-order valence-corrected chi connectivity index (χ2v) is 2.84.